The summed E-state index contributed by atoms with van der Waals surface area (Å²) in [7, 11) is -3.75. The molecule has 0 bridgehead atoms. The molecule has 2 N–H and O–H groups in total. The van der Waals surface area contributed by atoms with Crippen LogP contribution in [0.15, 0.2) is 53.4 Å². The molecule has 3 amide bonds. The topological polar surface area (TPSA) is 125 Å². The second-order valence-corrected chi connectivity index (χ2v) is 13.6. The Morgan fingerprint density at radius 1 is 0.952 bits per heavy atom. The lowest BCUT2D eigenvalue weighted by Gasteiger charge is -2.30. The van der Waals surface area contributed by atoms with Gasteiger partial charge in [-0.15, -0.1) is 11.3 Å². The molecule has 0 radical (unpaired) electrons. The minimum Gasteiger partial charge on any atom is -0.450 e. The second kappa shape index (κ2) is 12.3. The van der Waals surface area contributed by atoms with Gasteiger partial charge in [0.1, 0.15) is 5.00 Å². The van der Waals surface area contributed by atoms with Crippen LogP contribution in [0.1, 0.15) is 63.1 Å². The van der Waals surface area contributed by atoms with Gasteiger partial charge in [0.05, 0.1) is 17.1 Å². The molecule has 0 aliphatic carbocycles. The van der Waals surface area contributed by atoms with Crippen molar-refractivity contribution in [2.45, 2.75) is 57.6 Å². The number of anilines is 1. The fourth-order valence-electron chi connectivity index (χ4n) is 5.29. The summed E-state index contributed by atoms with van der Waals surface area (Å²) in [5, 5.41) is 5.42. The van der Waals surface area contributed by atoms with Crippen LogP contribution in [-0.2, 0) is 40.7 Å². The molecule has 0 unspecified atom stereocenters. The molecule has 0 fully saturated rings. The van der Waals surface area contributed by atoms with Crippen LogP contribution in [0.25, 0.3) is 0 Å². The number of imide groups is 1. The quantitative estimate of drug-likeness (QED) is 0.406. The summed E-state index contributed by atoms with van der Waals surface area (Å²) < 4.78 is 33.0. The third-order valence-corrected chi connectivity index (χ3v) is 10.6. The maximum absolute atomic E-state index is 13.4. The third-order valence-electron chi connectivity index (χ3n) is 7.61. The molecule has 2 aliphatic rings. The zero-order valence-corrected chi connectivity index (χ0v) is 25.4. The van der Waals surface area contributed by atoms with Crippen molar-refractivity contribution in [3.05, 3.63) is 81.2 Å². The molecule has 0 saturated carbocycles. The fourth-order valence-corrected chi connectivity index (χ4v) is 7.98. The zero-order chi connectivity index (χ0) is 30.0. The lowest BCUT2D eigenvalue weighted by molar-refractivity contribution is 0.0924. The highest BCUT2D eigenvalue weighted by Crippen LogP contribution is 2.38. The number of ether oxygens (including phenoxy) is 1. The van der Waals surface area contributed by atoms with E-state index in [-0.39, 0.29) is 22.6 Å². The number of rotatable bonds is 7. The molecule has 10 nitrogen and oxygen atoms in total. The van der Waals surface area contributed by atoms with Gasteiger partial charge in [-0.25, -0.2) is 13.2 Å². The van der Waals surface area contributed by atoms with Crippen molar-refractivity contribution in [3.8, 4) is 0 Å². The van der Waals surface area contributed by atoms with E-state index in [1.54, 1.807) is 6.92 Å². The van der Waals surface area contributed by atoms with Crippen molar-refractivity contribution >= 4 is 44.3 Å². The zero-order valence-electron chi connectivity index (χ0n) is 23.8. The summed E-state index contributed by atoms with van der Waals surface area (Å²) in [5.41, 5.74) is 3.44. The van der Waals surface area contributed by atoms with Crippen LogP contribution in [0.2, 0.25) is 0 Å². The Balaban J connectivity index is 1.36. The average molecular weight is 611 g/mol. The summed E-state index contributed by atoms with van der Waals surface area (Å²) in [6.07, 6.45) is 0.383. The van der Waals surface area contributed by atoms with Gasteiger partial charge in [0.25, 0.3) is 11.8 Å². The molecule has 12 heteroatoms. The Kier molecular flexibility index (Phi) is 8.78. The van der Waals surface area contributed by atoms with Gasteiger partial charge in [-0.2, -0.15) is 4.31 Å². The number of alkyl carbamates (subject to hydrolysis) is 1. The van der Waals surface area contributed by atoms with Gasteiger partial charge in [-0.05, 0) is 74.6 Å². The highest BCUT2D eigenvalue weighted by molar-refractivity contribution is 7.89. The van der Waals surface area contributed by atoms with Crippen molar-refractivity contribution < 1.29 is 27.5 Å². The van der Waals surface area contributed by atoms with Gasteiger partial charge in [-0.1, -0.05) is 24.3 Å². The molecule has 3 heterocycles. The maximum Gasteiger partial charge on any atom is 0.414 e. The third kappa shape index (κ3) is 6.12. The highest BCUT2D eigenvalue weighted by atomic mass is 32.2. The minimum absolute atomic E-state index is 0.105. The highest BCUT2D eigenvalue weighted by Gasteiger charge is 2.31. The van der Waals surface area contributed by atoms with Gasteiger partial charge in [0.2, 0.25) is 10.0 Å². The molecule has 0 atom stereocenters. The van der Waals surface area contributed by atoms with Crippen LogP contribution < -0.4 is 10.6 Å². The predicted molar refractivity (Wildman–Crippen MR) is 160 cm³/mol. The van der Waals surface area contributed by atoms with E-state index in [0.717, 1.165) is 28.1 Å². The first-order chi connectivity index (χ1) is 20.1. The lowest BCUT2D eigenvalue weighted by atomic mass is 10.0. The minimum atomic E-state index is -3.75. The molecule has 0 spiro atoms. The second-order valence-electron chi connectivity index (χ2n) is 10.5. The molecule has 3 aromatic rings. The van der Waals surface area contributed by atoms with E-state index in [9.17, 15) is 22.8 Å². The number of fused-ring (bicyclic) bond motifs is 2. The first-order valence-electron chi connectivity index (χ1n) is 13.9. The Morgan fingerprint density at radius 3 is 2.36 bits per heavy atom. The van der Waals surface area contributed by atoms with E-state index < -0.39 is 27.9 Å². The van der Waals surface area contributed by atoms with Crippen LogP contribution in [0, 0.1) is 0 Å². The van der Waals surface area contributed by atoms with E-state index >= 15 is 0 Å². The number of hydrogen-bond donors (Lipinski definition) is 2. The van der Waals surface area contributed by atoms with E-state index in [1.807, 2.05) is 24.3 Å². The molecule has 42 heavy (non-hydrogen) atoms. The van der Waals surface area contributed by atoms with E-state index in [0.29, 0.717) is 43.5 Å². The summed E-state index contributed by atoms with van der Waals surface area (Å²) in [4.78, 5) is 41.8. The van der Waals surface area contributed by atoms with Crippen LogP contribution in [0.5, 0.6) is 0 Å². The number of nitrogens with zero attached hydrogens (tertiary/aromatic N) is 2. The van der Waals surface area contributed by atoms with Crippen molar-refractivity contribution in [1.29, 1.82) is 0 Å². The Bertz CT molecular complexity index is 1610. The summed E-state index contributed by atoms with van der Waals surface area (Å²) >= 11 is 1.31. The van der Waals surface area contributed by atoms with Crippen molar-refractivity contribution in [3.63, 3.8) is 0 Å². The maximum atomic E-state index is 13.4. The van der Waals surface area contributed by atoms with E-state index in [4.69, 9.17) is 4.74 Å². The van der Waals surface area contributed by atoms with E-state index in [2.05, 4.69) is 29.4 Å². The molecule has 2 aliphatic heterocycles. The van der Waals surface area contributed by atoms with Gasteiger partial charge in [0.15, 0.2) is 0 Å². The predicted octanol–water partition coefficient (Wildman–Crippen LogP) is 4.40. The summed E-state index contributed by atoms with van der Waals surface area (Å²) in [5.74, 6) is -1.13. The Labute approximate surface area is 249 Å². The summed E-state index contributed by atoms with van der Waals surface area (Å²) in [6.45, 7) is 8.01. The molecular weight excluding hydrogens is 576 g/mol. The molecule has 5 rings (SSSR count). The SMILES string of the molecule is CCOC(=O)NC(=O)c1c(NC(=O)c2ccc(S(=O)(=O)N3CCc4ccccc4C3)cc2)sc2c1CCN(C(C)C)C2. The molecule has 0 saturated heterocycles. The van der Waals surface area contributed by atoms with Crippen LogP contribution in [0.4, 0.5) is 9.80 Å². The first kappa shape index (κ1) is 29.9. The fraction of sp³-hybridized carbons (Fsp3) is 0.367. The van der Waals surface area contributed by atoms with Gasteiger partial charge in [-0.3, -0.25) is 19.8 Å². The van der Waals surface area contributed by atoms with Crippen LogP contribution in [0.3, 0.4) is 0 Å². The monoisotopic (exact) mass is 610 g/mol. The average Bonchev–Trinajstić information content (AvgIpc) is 3.34. The van der Waals surface area contributed by atoms with Gasteiger partial charge < -0.3 is 10.1 Å². The number of sulfonamides is 1. The largest absolute Gasteiger partial charge is 0.450 e. The number of nitrogens with one attached hydrogen (secondary N) is 2. The standard InChI is InChI=1S/C30H34N4O6S2/c1-4-40-30(37)32-28(36)26-24-14-15-33(19(2)3)18-25(24)41-29(26)31-27(35)21-9-11-23(12-10-21)42(38,39)34-16-13-20-7-5-6-8-22(20)17-34/h5-12,19H,4,13-18H2,1-3H3,(H,31,35)(H,32,36,37). The van der Waals surface area contributed by atoms with Crippen LogP contribution in [-0.4, -0.2) is 61.3 Å². The van der Waals surface area contributed by atoms with Crippen molar-refractivity contribution in [2.24, 2.45) is 0 Å². The first-order valence-corrected chi connectivity index (χ1v) is 16.2. The summed E-state index contributed by atoms with van der Waals surface area (Å²) in [6, 6.07) is 13.9. The van der Waals surface area contributed by atoms with E-state index in [1.165, 1.54) is 39.9 Å². The van der Waals surface area contributed by atoms with Gasteiger partial charge in [0, 0.05) is 42.7 Å². The number of hydrogen-bond acceptors (Lipinski definition) is 8. The molecule has 2 aromatic carbocycles. The van der Waals surface area contributed by atoms with Crippen molar-refractivity contribution in [1.82, 2.24) is 14.5 Å². The molecule has 222 valence electrons. The van der Waals surface area contributed by atoms with Gasteiger partial charge >= 0.3 is 6.09 Å². The number of carbonyl (C=O) groups excluding carboxylic acids is 3. The number of carbonyl (C=O) groups is 3. The van der Waals surface area contributed by atoms with Crippen molar-refractivity contribution in [2.75, 3.05) is 25.0 Å². The normalized spacial score (nSPS) is 15.5. The number of thiophene rings is 1. The Morgan fingerprint density at radius 2 is 1.67 bits per heavy atom. The molecule has 1 aromatic heterocycles. The smallest absolute Gasteiger partial charge is 0.414 e. The Hall–Kier alpha value is -3.58. The van der Waals surface area contributed by atoms with Crippen LogP contribution >= 0.6 is 11.3 Å². The lowest BCUT2D eigenvalue weighted by Crippen LogP contribution is -2.36. The number of amides is 3. The number of benzene rings is 2. The molecular formula is C30H34N4O6S2.